The SMILES string of the molecule is c1ccc2c(c1)oc1ccc(-c3cc4c5cc(-n6c7ccccc7c7ccccc76)ccc5oc4c4c3oc3ccc(-n5c6ccccc6c6ccccc65)cc34)cc12. The molecule has 0 unspecified atom stereocenters. The summed E-state index contributed by atoms with van der Waals surface area (Å²) in [5.74, 6) is 0. The molecule has 59 heavy (non-hydrogen) atoms. The van der Waals surface area contributed by atoms with Crippen molar-refractivity contribution in [1.82, 2.24) is 9.13 Å². The molecule has 0 N–H and O–H groups in total. The fourth-order valence-corrected chi connectivity index (χ4v) is 9.93. The Morgan fingerprint density at radius 2 is 0.729 bits per heavy atom. The maximum absolute atomic E-state index is 6.97. The molecule has 274 valence electrons. The van der Waals surface area contributed by atoms with Crippen LogP contribution in [-0.4, -0.2) is 9.13 Å². The molecule has 0 amide bonds. The molecule has 5 nitrogen and oxygen atoms in total. The van der Waals surface area contributed by atoms with Gasteiger partial charge in [-0.05, 0) is 90.5 Å². The average Bonchev–Trinajstić information content (AvgIpc) is 4.10. The topological polar surface area (TPSA) is 49.3 Å². The number of fused-ring (bicyclic) bond motifs is 16. The first-order valence-electron chi connectivity index (χ1n) is 20.0. The maximum Gasteiger partial charge on any atom is 0.147 e. The lowest BCUT2D eigenvalue weighted by atomic mass is 9.97. The van der Waals surface area contributed by atoms with Gasteiger partial charge >= 0.3 is 0 Å². The Morgan fingerprint density at radius 1 is 0.288 bits per heavy atom. The molecule has 0 bridgehead atoms. The van der Waals surface area contributed by atoms with Crippen LogP contribution < -0.4 is 0 Å². The van der Waals surface area contributed by atoms with E-state index in [0.29, 0.717) is 0 Å². The predicted molar refractivity (Wildman–Crippen MR) is 242 cm³/mol. The summed E-state index contributed by atoms with van der Waals surface area (Å²) < 4.78 is 24.9. The van der Waals surface area contributed by atoms with Crippen molar-refractivity contribution >= 4 is 109 Å². The average molecular weight is 755 g/mol. The second-order valence-corrected chi connectivity index (χ2v) is 15.6. The Hall–Kier alpha value is -8.02. The summed E-state index contributed by atoms with van der Waals surface area (Å²) in [4.78, 5) is 0. The Morgan fingerprint density at radius 3 is 1.34 bits per heavy atom. The highest BCUT2D eigenvalue weighted by Gasteiger charge is 2.23. The molecule has 0 spiro atoms. The standard InChI is InChI=1S/C54H30N2O3/c1-6-16-44-34(11-1)35-12-2-7-17-45(35)55(44)32-22-25-50-41(28-32)42-30-39(31-21-24-49-40(27-31)38-15-5-10-20-48(38)57-49)53-52(54(42)58-50)43-29-33(23-26-51(43)59-53)56-46-18-8-3-13-36(46)37-14-4-9-19-47(37)56/h1-30H. The Bertz CT molecular complexity index is 3990. The van der Waals surface area contributed by atoms with Gasteiger partial charge in [-0.2, -0.15) is 0 Å². The number of furan rings is 3. The summed E-state index contributed by atoms with van der Waals surface area (Å²) in [5.41, 5.74) is 13.8. The molecule has 9 aromatic carbocycles. The quantitative estimate of drug-likeness (QED) is 0.180. The number of benzene rings is 9. The summed E-state index contributed by atoms with van der Waals surface area (Å²) in [6.07, 6.45) is 0. The van der Waals surface area contributed by atoms with Gasteiger partial charge in [-0.15, -0.1) is 0 Å². The minimum absolute atomic E-state index is 0.792. The molecule has 5 heterocycles. The molecule has 0 saturated heterocycles. The number of hydrogen-bond donors (Lipinski definition) is 0. The van der Waals surface area contributed by atoms with Crippen molar-refractivity contribution in [3.8, 4) is 22.5 Å². The van der Waals surface area contributed by atoms with Gasteiger partial charge in [0.2, 0.25) is 0 Å². The second kappa shape index (κ2) is 11.3. The van der Waals surface area contributed by atoms with Crippen molar-refractivity contribution < 1.29 is 13.3 Å². The van der Waals surface area contributed by atoms with Crippen LogP contribution in [0.4, 0.5) is 0 Å². The fourth-order valence-electron chi connectivity index (χ4n) is 9.93. The monoisotopic (exact) mass is 754 g/mol. The highest BCUT2D eigenvalue weighted by molar-refractivity contribution is 6.26. The third-order valence-corrected chi connectivity index (χ3v) is 12.5. The van der Waals surface area contributed by atoms with E-state index in [4.69, 9.17) is 13.3 Å². The van der Waals surface area contributed by atoms with Crippen molar-refractivity contribution in [3.05, 3.63) is 182 Å². The summed E-state index contributed by atoms with van der Waals surface area (Å²) in [7, 11) is 0. The zero-order valence-corrected chi connectivity index (χ0v) is 31.4. The first-order valence-corrected chi connectivity index (χ1v) is 20.0. The predicted octanol–water partition coefficient (Wildman–Crippen LogP) is 15.2. The third kappa shape index (κ3) is 4.18. The van der Waals surface area contributed by atoms with E-state index >= 15 is 0 Å². The molecule has 5 aromatic heterocycles. The van der Waals surface area contributed by atoms with E-state index in [2.05, 4.69) is 179 Å². The first-order chi connectivity index (χ1) is 29.2. The number of hydrogen-bond acceptors (Lipinski definition) is 3. The summed E-state index contributed by atoms with van der Waals surface area (Å²) in [6, 6.07) is 64.6. The van der Waals surface area contributed by atoms with E-state index in [9.17, 15) is 0 Å². The van der Waals surface area contributed by atoms with Gasteiger partial charge in [0.05, 0.1) is 27.5 Å². The van der Waals surface area contributed by atoms with Crippen LogP contribution in [0.5, 0.6) is 0 Å². The lowest BCUT2D eigenvalue weighted by Gasteiger charge is -2.08. The smallest absolute Gasteiger partial charge is 0.147 e. The van der Waals surface area contributed by atoms with Gasteiger partial charge in [-0.3, -0.25) is 0 Å². The van der Waals surface area contributed by atoms with E-state index in [1.165, 1.54) is 32.6 Å². The largest absolute Gasteiger partial charge is 0.456 e. The molecule has 0 atom stereocenters. The van der Waals surface area contributed by atoms with Crippen LogP contribution in [0.1, 0.15) is 0 Å². The van der Waals surface area contributed by atoms with Crippen LogP contribution in [0.2, 0.25) is 0 Å². The summed E-state index contributed by atoms with van der Waals surface area (Å²) in [6.45, 7) is 0. The highest BCUT2D eigenvalue weighted by atomic mass is 16.3. The van der Waals surface area contributed by atoms with Crippen molar-refractivity contribution in [3.63, 3.8) is 0 Å². The van der Waals surface area contributed by atoms with Crippen LogP contribution in [-0.2, 0) is 0 Å². The van der Waals surface area contributed by atoms with Crippen molar-refractivity contribution in [2.45, 2.75) is 0 Å². The van der Waals surface area contributed by atoms with Crippen LogP contribution in [0, 0.1) is 0 Å². The number of aromatic nitrogens is 2. The number of nitrogens with zero attached hydrogens (tertiary/aromatic N) is 2. The Labute approximate surface area is 335 Å². The molecule has 0 aliphatic rings. The van der Waals surface area contributed by atoms with Crippen LogP contribution in [0.15, 0.2) is 195 Å². The fraction of sp³-hybridized carbons (Fsp3) is 0. The van der Waals surface area contributed by atoms with Crippen molar-refractivity contribution in [2.24, 2.45) is 0 Å². The lowest BCUT2D eigenvalue weighted by Crippen LogP contribution is -1.93. The first kappa shape index (κ1) is 31.1. The van der Waals surface area contributed by atoms with E-state index in [1.807, 2.05) is 12.1 Å². The maximum atomic E-state index is 6.97. The van der Waals surface area contributed by atoms with Crippen molar-refractivity contribution in [2.75, 3.05) is 0 Å². The zero-order chi connectivity index (χ0) is 38.3. The number of rotatable bonds is 3. The van der Waals surface area contributed by atoms with E-state index < -0.39 is 0 Å². The van der Waals surface area contributed by atoms with Gasteiger partial charge in [0, 0.05) is 65.4 Å². The van der Waals surface area contributed by atoms with Gasteiger partial charge in [0.15, 0.2) is 0 Å². The molecule has 14 aromatic rings. The molecule has 14 rings (SSSR count). The van der Waals surface area contributed by atoms with Crippen molar-refractivity contribution in [1.29, 1.82) is 0 Å². The van der Waals surface area contributed by atoms with Gasteiger partial charge in [-0.1, -0.05) is 97.1 Å². The third-order valence-electron chi connectivity index (χ3n) is 12.5. The minimum atomic E-state index is 0.792. The van der Waals surface area contributed by atoms with Gasteiger partial charge in [-0.25, -0.2) is 0 Å². The van der Waals surface area contributed by atoms with Gasteiger partial charge in [0.1, 0.15) is 33.5 Å². The molecule has 0 saturated carbocycles. The van der Waals surface area contributed by atoms with E-state index in [-0.39, 0.29) is 0 Å². The Kier molecular flexibility index (Phi) is 5.96. The highest BCUT2D eigenvalue weighted by Crippen LogP contribution is 2.47. The molecule has 0 radical (unpaired) electrons. The van der Waals surface area contributed by atoms with Gasteiger partial charge < -0.3 is 22.4 Å². The second-order valence-electron chi connectivity index (χ2n) is 15.6. The zero-order valence-electron chi connectivity index (χ0n) is 31.4. The van der Waals surface area contributed by atoms with Crippen LogP contribution in [0.3, 0.4) is 0 Å². The number of para-hydroxylation sites is 5. The molecule has 0 aliphatic heterocycles. The molecule has 0 aliphatic carbocycles. The van der Waals surface area contributed by atoms with Crippen LogP contribution in [0.25, 0.3) is 132 Å². The molecular weight excluding hydrogens is 725 g/mol. The van der Waals surface area contributed by atoms with Crippen LogP contribution >= 0.6 is 0 Å². The normalized spacial score (nSPS) is 12.4. The van der Waals surface area contributed by atoms with E-state index in [1.54, 1.807) is 0 Å². The summed E-state index contributed by atoms with van der Waals surface area (Å²) in [5, 5.41) is 11.1. The summed E-state index contributed by atoms with van der Waals surface area (Å²) >= 11 is 0. The molecule has 5 heteroatoms. The van der Waals surface area contributed by atoms with E-state index in [0.717, 1.165) is 99.4 Å². The lowest BCUT2D eigenvalue weighted by molar-refractivity contribution is 0.663. The Balaban J connectivity index is 1.09. The molecular formula is C54H30N2O3. The minimum Gasteiger partial charge on any atom is -0.456 e. The van der Waals surface area contributed by atoms with Gasteiger partial charge in [0.25, 0.3) is 0 Å². The molecule has 0 fully saturated rings.